The lowest BCUT2D eigenvalue weighted by atomic mass is 10.00. The van der Waals surface area contributed by atoms with Gasteiger partial charge in [0.2, 0.25) is 5.88 Å². The zero-order valence-corrected chi connectivity index (χ0v) is 12.6. The highest BCUT2D eigenvalue weighted by molar-refractivity contribution is 5.82. The maximum atomic E-state index is 5.47. The van der Waals surface area contributed by atoms with Crippen molar-refractivity contribution in [3.05, 3.63) is 35.9 Å². The van der Waals surface area contributed by atoms with E-state index in [4.69, 9.17) is 9.47 Å². The van der Waals surface area contributed by atoms with Crippen molar-refractivity contribution in [3.63, 3.8) is 0 Å². The highest BCUT2D eigenvalue weighted by Crippen LogP contribution is 2.23. The maximum absolute atomic E-state index is 5.47. The Morgan fingerprint density at radius 1 is 1.43 bits per heavy atom. The lowest BCUT2D eigenvalue weighted by Gasteiger charge is -2.20. The quantitative estimate of drug-likeness (QED) is 0.918. The smallest absolute Gasteiger partial charge is 0.213 e. The fourth-order valence-electron chi connectivity index (χ4n) is 2.86. The molecule has 2 atom stereocenters. The van der Waals surface area contributed by atoms with Crippen LogP contribution in [0.3, 0.4) is 0 Å². The second kappa shape index (κ2) is 6.41. The third-order valence-electron chi connectivity index (χ3n) is 4.27. The molecule has 1 aromatic heterocycles. The van der Waals surface area contributed by atoms with E-state index in [1.165, 1.54) is 10.9 Å². The number of para-hydroxylation sites is 1. The number of rotatable bonds is 5. The van der Waals surface area contributed by atoms with Gasteiger partial charge in [-0.2, -0.15) is 0 Å². The molecule has 2 aromatic rings. The lowest BCUT2D eigenvalue weighted by Crippen LogP contribution is -2.33. The van der Waals surface area contributed by atoms with Crippen LogP contribution in [0.1, 0.15) is 18.9 Å². The number of nitrogens with zero attached hydrogens (tertiary/aromatic N) is 1. The summed E-state index contributed by atoms with van der Waals surface area (Å²) in [7, 11) is 1.66. The zero-order chi connectivity index (χ0) is 14.7. The van der Waals surface area contributed by atoms with Crippen LogP contribution < -0.4 is 10.1 Å². The molecule has 4 nitrogen and oxygen atoms in total. The van der Waals surface area contributed by atoms with Crippen molar-refractivity contribution in [2.75, 3.05) is 20.3 Å². The van der Waals surface area contributed by atoms with E-state index >= 15 is 0 Å². The summed E-state index contributed by atoms with van der Waals surface area (Å²) >= 11 is 0. The van der Waals surface area contributed by atoms with E-state index in [1.807, 2.05) is 24.3 Å². The molecule has 0 radical (unpaired) electrons. The molecule has 1 aliphatic rings. The second-order valence-electron chi connectivity index (χ2n) is 5.63. The molecule has 21 heavy (non-hydrogen) atoms. The number of nitrogens with one attached hydrogen (secondary N) is 1. The van der Waals surface area contributed by atoms with Crippen molar-refractivity contribution in [1.82, 2.24) is 10.3 Å². The molecule has 0 aliphatic carbocycles. The van der Waals surface area contributed by atoms with Crippen LogP contribution in [0, 0.1) is 5.92 Å². The fourth-order valence-corrected chi connectivity index (χ4v) is 2.86. The molecule has 2 unspecified atom stereocenters. The van der Waals surface area contributed by atoms with Gasteiger partial charge in [0.1, 0.15) is 0 Å². The van der Waals surface area contributed by atoms with Crippen molar-refractivity contribution in [2.24, 2.45) is 5.92 Å². The molecular formula is C17H22N2O2. The minimum Gasteiger partial charge on any atom is -0.481 e. The summed E-state index contributed by atoms with van der Waals surface area (Å²) in [6.07, 6.45) is 1.15. The van der Waals surface area contributed by atoms with Gasteiger partial charge in [-0.1, -0.05) is 18.2 Å². The minimum atomic E-state index is 0.449. The Kier molecular flexibility index (Phi) is 4.36. The van der Waals surface area contributed by atoms with Crippen molar-refractivity contribution >= 4 is 10.9 Å². The first-order chi connectivity index (χ1) is 10.3. The van der Waals surface area contributed by atoms with Gasteiger partial charge in [-0.3, -0.25) is 0 Å². The molecule has 0 amide bonds. The Labute approximate surface area is 125 Å². The first kappa shape index (κ1) is 14.3. The minimum absolute atomic E-state index is 0.449. The predicted molar refractivity (Wildman–Crippen MR) is 83.5 cm³/mol. The fraction of sp³-hybridized carbons (Fsp3) is 0.471. The van der Waals surface area contributed by atoms with Crippen molar-refractivity contribution in [2.45, 2.75) is 25.9 Å². The zero-order valence-electron chi connectivity index (χ0n) is 12.6. The van der Waals surface area contributed by atoms with Crippen LogP contribution in [0.25, 0.3) is 10.9 Å². The Hall–Kier alpha value is -1.65. The van der Waals surface area contributed by atoms with E-state index < -0.39 is 0 Å². The molecule has 1 N–H and O–H groups in total. The molecule has 0 saturated carbocycles. The van der Waals surface area contributed by atoms with Gasteiger partial charge in [0.05, 0.1) is 19.2 Å². The van der Waals surface area contributed by atoms with Crippen LogP contribution in [0.5, 0.6) is 5.88 Å². The SMILES string of the molecule is COc1cc(CNC(C)C2CCOC2)c2ccccc2n1. The van der Waals surface area contributed by atoms with Crippen molar-refractivity contribution in [1.29, 1.82) is 0 Å². The van der Waals surface area contributed by atoms with Gasteiger partial charge in [0.25, 0.3) is 0 Å². The van der Waals surface area contributed by atoms with E-state index in [0.717, 1.165) is 31.7 Å². The molecule has 1 fully saturated rings. The van der Waals surface area contributed by atoms with E-state index in [0.29, 0.717) is 17.8 Å². The number of methoxy groups -OCH3 is 1. The van der Waals surface area contributed by atoms with Gasteiger partial charge in [-0.25, -0.2) is 4.98 Å². The van der Waals surface area contributed by atoms with Crippen LogP contribution in [-0.4, -0.2) is 31.3 Å². The lowest BCUT2D eigenvalue weighted by molar-refractivity contribution is 0.178. The number of pyridine rings is 1. The number of fused-ring (bicyclic) bond motifs is 1. The maximum Gasteiger partial charge on any atom is 0.213 e. The molecule has 112 valence electrons. The van der Waals surface area contributed by atoms with Crippen LogP contribution >= 0.6 is 0 Å². The Morgan fingerprint density at radius 3 is 3.05 bits per heavy atom. The normalized spacial score (nSPS) is 19.8. The van der Waals surface area contributed by atoms with Crippen LogP contribution in [0.15, 0.2) is 30.3 Å². The van der Waals surface area contributed by atoms with E-state index in [2.05, 4.69) is 23.3 Å². The average molecular weight is 286 g/mol. The summed E-state index contributed by atoms with van der Waals surface area (Å²) in [4.78, 5) is 4.49. The Morgan fingerprint density at radius 2 is 2.29 bits per heavy atom. The predicted octanol–water partition coefficient (Wildman–Crippen LogP) is 2.76. The Balaban J connectivity index is 1.79. The molecule has 1 saturated heterocycles. The van der Waals surface area contributed by atoms with E-state index in [1.54, 1.807) is 7.11 Å². The third-order valence-corrected chi connectivity index (χ3v) is 4.27. The highest BCUT2D eigenvalue weighted by atomic mass is 16.5. The summed E-state index contributed by atoms with van der Waals surface area (Å²) in [5, 5.41) is 4.80. The molecule has 2 heterocycles. The topological polar surface area (TPSA) is 43.4 Å². The number of aromatic nitrogens is 1. The van der Waals surface area contributed by atoms with Gasteiger partial charge in [-0.05, 0) is 30.9 Å². The molecule has 1 aliphatic heterocycles. The van der Waals surface area contributed by atoms with E-state index in [9.17, 15) is 0 Å². The van der Waals surface area contributed by atoms with E-state index in [-0.39, 0.29) is 0 Å². The van der Waals surface area contributed by atoms with Crippen LogP contribution in [0.2, 0.25) is 0 Å². The van der Waals surface area contributed by atoms with Crippen LogP contribution in [-0.2, 0) is 11.3 Å². The highest BCUT2D eigenvalue weighted by Gasteiger charge is 2.21. The summed E-state index contributed by atoms with van der Waals surface area (Å²) in [6.45, 7) is 4.81. The molecule has 3 rings (SSSR count). The number of hydrogen-bond donors (Lipinski definition) is 1. The summed E-state index contributed by atoms with van der Waals surface area (Å²) in [5.74, 6) is 1.28. The third kappa shape index (κ3) is 3.17. The van der Waals surface area contributed by atoms with Gasteiger partial charge in [0, 0.05) is 30.6 Å². The summed E-state index contributed by atoms with van der Waals surface area (Å²) in [6, 6.07) is 10.7. The summed E-state index contributed by atoms with van der Waals surface area (Å²) < 4.78 is 10.8. The number of benzene rings is 1. The molecular weight excluding hydrogens is 264 g/mol. The second-order valence-corrected chi connectivity index (χ2v) is 5.63. The average Bonchev–Trinajstić information content (AvgIpc) is 3.06. The van der Waals surface area contributed by atoms with Gasteiger partial charge >= 0.3 is 0 Å². The van der Waals surface area contributed by atoms with Crippen molar-refractivity contribution < 1.29 is 9.47 Å². The Bertz CT molecular complexity index is 609. The largest absolute Gasteiger partial charge is 0.481 e. The summed E-state index contributed by atoms with van der Waals surface area (Å²) in [5.41, 5.74) is 2.20. The van der Waals surface area contributed by atoms with Crippen molar-refractivity contribution in [3.8, 4) is 5.88 Å². The molecule has 1 aromatic carbocycles. The number of ether oxygens (including phenoxy) is 2. The molecule has 0 spiro atoms. The van der Waals surface area contributed by atoms with Crippen LogP contribution in [0.4, 0.5) is 0 Å². The monoisotopic (exact) mass is 286 g/mol. The standard InChI is InChI=1S/C17H22N2O2/c1-12(13-7-8-21-11-13)18-10-14-9-17(20-2)19-16-6-4-3-5-15(14)16/h3-6,9,12-13,18H,7-8,10-11H2,1-2H3. The molecule has 4 heteroatoms. The first-order valence-corrected chi connectivity index (χ1v) is 7.51. The van der Waals surface area contributed by atoms with Gasteiger partial charge in [-0.15, -0.1) is 0 Å². The first-order valence-electron chi connectivity index (χ1n) is 7.51. The molecule has 0 bridgehead atoms. The van der Waals surface area contributed by atoms with Gasteiger partial charge < -0.3 is 14.8 Å². The van der Waals surface area contributed by atoms with Gasteiger partial charge in [0.15, 0.2) is 0 Å². The number of hydrogen-bond acceptors (Lipinski definition) is 4.